The minimum Gasteiger partial charge on any atom is -0.386 e. The smallest absolute Gasteiger partial charge is 0.191 e. The number of ether oxygens (including phenoxy) is 4. The van der Waals surface area contributed by atoms with E-state index in [2.05, 4.69) is 0 Å². The van der Waals surface area contributed by atoms with Crippen LogP contribution < -0.4 is 0 Å². The van der Waals surface area contributed by atoms with Crippen molar-refractivity contribution >= 4 is 0 Å². The van der Waals surface area contributed by atoms with E-state index in [1.807, 2.05) is 50.3 Å². The Morgan fingerprint density at radius 3 is 2.68 bits per heavy atom. The number of hydrogen-bond acceptors (Lipinski definition) is 5. The second kappa shape index (κ2) is 4.88. The van der Waals surface area contributed by atoms with E-state index in [4.69, 9.17) is 18.9 Å². The molecule has 1 aromatic rings. The molecule has 3 aliphatic rings. The highest BCUT2D eigenvalue weighted by atomic mass is 16.8. The molecule has 118 valence electrons. The van der Waals surface area contributed by atoms with Gasteiger partial charge in [0.1, 0.15) is 23.9 Å². The number of aliphatic hydroxyl groups excluding tert-OH is 1. The van der Waals surface area contributed by atoms with Crippen LogP contribution in [0.25, 0.3) is 0 Å². The Labute approximate surface area is 129 Å². The molecule has 0 aromatic heterocycles. The van der Waals surface area contributed by atoms with Crippen molar-refractivity contribution in [2.24, 2.45) is 0 Å². The fourth-order valence-electron chi connectivity index (χ4n) is 3.43. The Balaban J connectivity index is 1.60. The third-order valence-corrected chi connectivity index (χ3v) is 4.42. The second-order valence-electron chi connectivity index (χ2n) is 6.46. The minimum absolute atomic E-state index is 0.385. The molecule has 0 unspecified atom stereocenters. The highest BCUT2D eigenvalue weighted by Crippen LogP contribution is 2.49. The van der Waals surface area contributed by atoms with Gasteiger partial charge >= 0.3 is 0 Å². The van der Waals surface area contributed by atoms with Crippen molar-refractivity contribution in [1.29, 1.82) is 0 Å². The zero-order valence-corrected chi connectivity index (χ0v) is 12.6. The summed E-state index contributed by atoms with van der Waals surface area (Å²) in [5.41, 5.74) is 0.250. The molecule has 0 saturated carbocycles. The van der Waals surface area contributed by atoms with Crippen LogP contribution in [0.1, 0.15) is 19.4 Å². The lowest BCUT2D eigenvalue weighted by Gasteiger charge is -2.33. The second-order valence-corrected chi connectivity index (χ2v) is 6.46. The van der Waals surface area contributed by atoms with Gasteiger partial charge < -0.3 is 24.1 Å². The van der Waals surface area contributed by atoms with E-state index in [-0.39, 0.29) is 6.10 Å². The van der Waals surface area contributed by atoms with Crippen LogP contribution in [0.4, 0.5) is 0 Å². The molecule has 1 aliphatic carbocycles. The Morgan fingerprint density at radius 2 is 1.91 bits per heavy atom. The molecule has 0 amide bonds. The van der Waals surface area contributed by atoms with Crippen molar-refractivity contribution in [1.82, 2.24) is 0 Å². The number of benzene rings is 1. The average molecular weight is 304 g/mol. The zero-order valence-electron chi connectivity index (χ0n) is 12.6. The first-order valence-corrected chi connectivity index (χ1v) is 7.57. The molecular formula is C17H20O5. The summed E-state index contributed by atoms with van der Waals surface area (Å²) in [6, 6.07) is 9.92. The van der Waals surface area contributed by atoms with E-state index < -0.39 is 29.9 Å². The summed E-state index contributed by atoms with van der Waals surface area (Å²) in [7, 11) is 0. The maximum absolute atomic E-state index is 10.1. The minimum atomic E-state index is -0.812. The molecule has 2 saturated heterocycles. The van der Waals surface area contributed by atoms with Gasteiger partial charge in [-0.05, 0) is 25.5 Å². The summed E-state index contributed by atoms with van der Waals surface area (Å²) < 4.78 is 23.8. The van der Waals surface area contributed by atoms with E-state index in [9.17, 15) is 5.11 Å². The van der Waals surface area contributed by atoms with Gasteiger partial charge in [0.25, 0.3) is 0 Å². The fourth-order valence-corrected chi connectivity index (χ4v) is 3.43. The molecule has 0 radical (unpaired) electrons. The summed E-state index contributed by atoms with van der Waals surface area (Å²) in [5.74, 6) is -0.717. The van der Waals surface area contributed by atoms with Crippen LogP contribution in [0.15, 0.2) is 42.5 Å². The number of hydrogen-bond donors (Lipinski definition) is 1. The molecule has 5 atom stereocenters. The number of rotatable bonds is 3. The van der Waals surface area contributed by atoms with Crippen LogP contribution in [0, 0.1) is 0 Å². The summed E-state index contributed by atoms with van der Waals surface area (Å²) in [6.07, 6.45) is 1.46. The molecule has 5 heteroatoms. The molecule has 22 heavy (non-hydrogen) atoms. The maximum Gasteiger partial charge on any atom is 0.191 e. The lowest BCUT2D eigenvalue weighted by molar-refractivity contribution is -0.236. The molecule has 0 bridgehead atoms. The largest absolute Gasteiger partial charge is 0.386 e. The first-order valence-electron chi connectivity index (χ1n) is 7.57. The fraction of sp³-hybridized carbons (Fsp3) is 0.529. The van der Waals surface area contributed by atoms with Crippen molar-refractivity contribution in [3.8, 4) is 0 Å². The van der Waals surface area contributed by atoms with Crippen LogP contribution in [0.2, 0.25) is 0 Å². The molecule has 5 nitrogen and oxygen atoms in total. The molecule has 2 aliphatic heterocycles. The summed E-state index contributed by atoms with van der Waals surface area (Å²) >= 11 is 0. The van der Waals surface area contributed by atoms with Gasteiger partial charge in [0.05, 0.1) is 6.61 Å². The van der Waals surface area contributed by atoms with Crippen molar-refractivity contribution in [3.05, 3.63) is 48.0 Å². The Bertz CT molecular complexity index is 584. The van der Waals surface area contributed by atoms with Crippen LogP contribution >= 0.6 is 0 Å². The first-order chi connectivity index (χ1) is 10.5. The van der Waals surface area contributed by atoms with Crippen LogP contribution in [-0.2, 0) is 25.6 Å². The third-order valence-electron chi connectivity index (χ3n) is 4.42. The highest BCUT2D eigenvalue weighted by Gasteiger charge is 2.66. The monoisotopic (exact) mass is 304 g/mol. The van der Waals surface area contributed by atoms with Crippen molar-refractivity contribution in [2.75, 3.05) is 0 Å². The quantitative estimate of drug-likeness (QED) is 0.862. The summed E-state index contributed by atoms with van der Waals surface area (Å²) in [6.45, 7) is 4.12. The SMILES string of the molecule is CC1(C)O[C@H]2O[C@@H]3[C@H](O)C=C[C@]3(OCc3ccccc3)[C@H]2O1. The van der Waals surface area contributed by atoms with Gasteiger partial charge in [-0.3, -0.25) is 0 Å². The molecular weight excluding hydrogens is 284 g/mol. The van der Waals surface area contributed by atoms with E-state index in [0.29, 0.717) is 6.61 Å². The highest BCUT2D eigenvalue weighted by molar-refractivity contribution is 5.28. The predicted molar refractivity (Wildman–Crippen MR) is 77.8 cm³/mol. The lowest BCUT2D eigenvalue weighted by Crippen LogP contribution is -2.50. The maximum atomic E-state index is 10.1. The molecule has 0 spiro atoms. The lowest BCUT2D eigenvalue weighted by atomic mass is 9.94. The molecule has 1 aromatic carbocycles. The van der Waals surface area contributed by atoms with Crippen LogP contribution in [0.3, 0.4) is 0 Å². The van der Waals surface area contributed by atoms with Gasteiger partial charge in [-0.2, -0.15) is 0 Å². The van der Waals surface area contributed by atoms with Crippen LogP contribution in [-0.4, -0.2) is 41.1 Å². The van der Waals surface area contributed by atoms with Gasteiger partial charge in [0.2, 0.25) is 0 Å². The molecule has 4 rings (SSSR count). The van der Waals surface area contributed by atoms with Crippen molar-refractivity contribution in [3.63, 3.8) is 0 Å². The predicted octanol–water partition coefficient (Wildman–Crippen LogP) is 1.75. The topological polar surface area (TPSA) is 57.2 Å². The number of aliphatic hydroxyl groups is 1. The van der Waals surface area contributed by atoms with E-state index in [0.717, 1.165) is 5.56 Å². The zero-order chi connectivity index (χ0) is 15.4. The average Bonchev–Trinajstić information content (AvgIpc) is 3.06. The van der Waals surface area contributed by atoms with Gasteiger partial charge in [-0.1, -0.05) is 36.4 Å². The van der Waals surface area contributed by atoms with Gasteiger partial charge in [-0.25, -0.2) is 0 Å². The van der Waals surface area contributed by atoms with Crippen molar-refractivity contribution in [2.45, 2.75) is 56.4 Å². The summed E-state index contributed by atoms with van der Waals surface area (Å²) in [4.78, 5) is 0. The van der Waals surface area contributed by atoms with Gasteiger partial charge in [0, 0.05) is 0 Å². The third kappa shape index (κ3) is 2.13. The molecule has 2 heterocycles. The molecule has 1 N–H and O–H groups in total. The van der Waals surface area contributed by atoms with E-state index in [1.165, 1.54) is 0 Å². The number of fused-ring (bicyclic) bond motifs is 3. The Hall–Kier alpha value is -1.24. The van der Waals surface area contributed by atoms with Crippen LogP contribution in [0.5, 0.6) is 0 Å². The Morgan fingerprint density at radius 1 is 1.14 bits per heavy atom. The molecule has 2 fully saturated rings. The standard InChI is InChI=1S/C17H20O5/c1-16(2)21-14-15(22-16)20-13-12(18)8-9-17(13,14)19-10-11-6-4-3-5-7-11/h3-9,12-15,18H,10H2,1-2H3/t12-,13-,14+,15-,17-/m1/s1. The van der Waals surface area contributed by atoms with E-state index >= 15 is 0 Å². The summed E-state index contributed by atoms with van der Waals surface area (Å²) in [5, 5.41) is 10.1. The normalized spacial score (nSPS) is 41.6. The Kier molecular flexibility index (Phi) is 3.18. The first kappa shape index (κ1) is 14.4. The van der Waals surface area contributed by atoms with Crippen molar-refractivity contribution < 1.29 is 24.1 Å². The van der Waals surface area contributed by atoms with Gasteiger partial charge in [-0.15, -0.1) is 0 Å². The van der Waals surface area contributed by atoms with Gasteiger partial charge in [0.15, 0.2) is 12.1 Å². The van der Waals surface area contributed by atoms with E-state index in [1.54, 1.807) is 6.08 Å².